The molecule has 0 fully saturated rings. The van der Waals surface area contributed by atoms with E-state index in [0.29, 0.717) is 17.1 Å². The van der Waals surface area contributed by atoms with Crippen molar-refractivity contribution < 1.29 is 14.4 Å². The van der Waals surface area contributed by atoms with Crippen molar-refractivity contribution in [1.29, 1.82) is 0 Å². The van der Waals surface area contributed by atoms with Crippen molar-refractivity contribution in [2.45, 2.75) is 19.9 Å². The van der Waals surface area contributed by atoms with E-state index < -0.39 is 0 Å². The fourth-order valence-corrected chi connectivity index (χ4v) is 3.07. The van der Waals surface area contributed by atoms with Crippen LogP contribution in [0.2, 0.25) is 0 Å². The largest absolute Gasteiger partial charge is 0.346 e. The molecule has 7 nitrogen and oxygen atoms in total. The van der Waals surface area contributed by atoms with Crippen LogP contribution in [-0.4, -0.2) is 17.8 Å². The number of urea groups is 1. The van der Waals surface area contributed by atoms with Gasteiger partial charge in [-0.3, -0.25) is 9.59 Å². The first-order valence-electron chi connectivity index (χ1n) is 10.5. The van der Waals surface area contributed by atoms with Gasteiger partial charge in [-0.15, -0.1) is 0 Å². The molecule has 3 rings (SSSR count). The maximum absolute atomic E-state index is 12.3. The number of carbonyl (C=O) groups excluding carboxylic acids is 3. The van der Waals surface area contributed by atoms with Crippen molar-refractivity contribution >= 4 is 41.0 Å². The number of amides is 4. The maximum Gasteiger partial charge on any atom is 0.323 e. The van der Waals surface area contributed by atoms with Crippen LogP contribution >= 0.6 is 0 Å². The van der Waals surface area contributed by atoms with Gasteiger partial charge in [0.25, 0.3) is 0 Å². The molecule has 0 radical (unpaired) electrons. The molecular formula is C26H26N4O3. The highest BCUT2D eigenvalue weighted by molar-refractivity contribution is 5.99. The minimum absolute atomic E-state index is 0.133. The van der Waals surface area contributed by atoms with E-state index in [-0.39, 0.29) is 23.9 Å². The summed E-state index contributed by atoms with van der Waals surface area (Å²) < 4.78 is 0. The van der Waals surface area contributed by atoms with Crippen molar-refractivity contribution in [1.82, 2.24) is 5.32 Å². The van der Waals surface area contributed by atoms with Crippen LogP contribution in [0.25, 0.3) is 6.08 Å². The standard InChI is InChI=1S/C26H26N4O3/c1-18(27-25(32)17-10-20-8-13-23(14-9-20)28-19(2)31)21-11-15-24(16-12-21)30-26(33)29-22-6-4-3-5-7-22/h3-18H,1-2H3,(H,27,32)(H,28,31)(H2,29,30,33). The molecule has 0 spiro atoms. The van der Waals surface area contributed by atoms with Crippen LogP contribution in [0.3, 0.4) is 0 Å². The van der Waals surface area contributed by atoms with E-state index >= 15 is 0 Å². The molecule has 0 saturated carbocycles. The number of nitrogens with one attached hydrogen (secondary N) is 4. The number of hydrogen-bond donors (Lipinski definition) is 4. The van der Waals surface area contributed by atoms with Gasteiger partial charge >= 0.3 is 6.03 Å². The third-order valence-corrected chi connectivity index (χ3v) is 4.72. The van der Waals surface area contributed by atoms with Gasteiger partial charge in [-0.05, 0) is 60.5 Å². The third-order valence-electron chi connectivity index (χ3n) is 4.72. The summed E-state index contributed by atoms with van der Waals surface area (Å²) in [5, 5.41) is 11.1. The highest BCUT2D eigenvalue weighted by atomic mass is 16.2. The molecule has 0 aliphatic carbocycles. The lowest BCUT2D eigenvalue weighted by atomic mass is 10.1. The molecule has 3 aromatic rings. The molecular weight excluding hydrogens is 416 g/mol. The second-order valence-corrected chi connectivity index (χ2v) is 7.43. The Labute approximate surface area is 192 Å². The third kappa shape index (κ3) is 7.66. The quantitative estimate of drug-likeness (QED) is 0.379. The molecule has 168 valence electrons. The number of benzene rings is 3. The first-order chi connectivity index (χ1) is 15.9. The van der Waals surface area contributed by atoms with Gasteiger partial charge in [-0.25, -0.2) is 4.79 Å². The number of hydrogen-bond acceptors (Lipinski definition) is 3. The highest BCUT2D eigenvalue weighted by Crippen LogP contribution is 2.17. The minimum Gasteiger partial charge on any atom is -0.346 e. The summed E-state index contributed by atoms with van der Waals surface area (Å²) in [6, 6.07) is 23.1. The van der Waals surface area contributed by atoms with Crippen molar-refractivity contribution in [2.24, 2.45) is 0 Å². The van der Waals surface area contributed by atoms with Crippen molar-refractivity contribution in [2.75, 3.05) is 16.0 Å². The van der Waals surface area contributed by atoms with Crippen molar-refractivity contribution in [3.05, 3.63) is 96.1 Å². The van der Waals surface area contributed by atoms with Gasteiger partial charge in [0.05, 0.1) is 6.04 Å². The summed E-state index contributed by atoms with van der Waals surface area (Å²) in [6.07, 6.45) is 3.17. The molecule has 4 N–H and O–H groups in total. The first kappa shape index (κ1) is 23.3. The Morgan fingerprint density at radius 1 is 0.727 bits per heavy atom. The van der Waals surface area contributed by atoms with Crippen LogP contribution in [0.4, 0.5) is 21.9 Å². The van der Waals surface area contributed by atoms with E-state index in [4.69, 9.17) is 0 Å². The summed E-state index contributed by atoms with van der Waals surface area (Å²) >= 11 is 0. The van der Waals surface area contributed by atoms with Gasteiger partial charge in [0.15, 0.2) is 0 Å². The van der Waals surface area contributed by atoms with Crippen LogP contribution in [-0.2, 0) is 9.59 Å². The molecule has 4 amide bonds. The Kier molecular flexibility index (Phi) is 7.96. The van der Waals surface area contributed by atoms with Crippen LogP contribution in [0.15, 0.2) is 84.9 Å². The van der Waals surface area contributed by atoms with Gasteiger partial charge < -0.3 is 21.3 Å². The molecule has 1 atom stereocenters. The van der Waals surface area contributed by atoms with Crippen molar-refractivity contribution in [3.8, 4) is 0 Å². The average Bonchev–Trinajstić information content (AvgIpc) is 2.79. The summed E-state index contributed by atoms with van der Waals surface area (Å²) in [5.41, 5.74) is 3.81. The SMILES string of the molecule is CC(=O)Nc1ccc(C=CC(=O)NC(C)c2ccc(NC(=O)Nc3ccccc3)cc2)cc1. The van der Waals surface area contributed by atoms with Gasteiger partial charge in [-0.2, -0.15) is 0 Å². The van der Waals surface area contributed by atoms with Crippen LogP contribution in [0.5, 0.6) is 0 Å². The van der Waals surface area contributed by atoms with E-state index in [0.717, 1.165) is 11.1 Å². The Morgan fingerprint density at radius 3 is 1.88 bits per heavy atom. The van der Waals surface area contributed by atoms with Crippen LogP contribution < -0.4 is 21.3 Å². The molecule has 0 aliphatic heterocycles. The van der Waals surface area contributed by atoms with E-state index in [9.17, 15) is 14.4 Å². The predicted molar refractivity (Wildman–Crippen MR) is 132 cm³/mol. The van der Waals surface area contributed by atoms with E-state index in [1.54, 1.807) is 30.3 Å². The second-order valence-electron chi connectivity index (χ2n) is 7.43. The molecule has 0 heterocycles. The predicted octanol–water partition coefficient (Wildman–Crippen LogP) is 5.18. The molecule has 0 bridgehead atoms. The lowest BCUT2D eigenvalue weighted by Gasteiger charge is -2.14. The van der Waals surface area contributed by atoms with E-state index in [2.05, 4.69) is 21.3 Å². The zero-order valence-electron chi connectivity index (χ0n) is 18.5. The Bertz CT molecular complexity index is 1120. The number of anilines is 3. The average molecular weight is 443 g/mol. The zero-order chi connectivity index (χ0) is 23.6. The first-order valence-corrected chi connectivity index (χ1v) is 10.5. The van der Waals surface area contributed by atoms with E-state index in [1.807, 2.05) is 61.5 Å². The fourth-order valence-electron chi connectivity index (χ4n) is 3.07. The van der Waals surface area contributed by atoms with Crippen molar-refractivity contribution in [3.63, 3.8) is 0 Å². The number of para-hydroxylation sites is 1. The lowest BCUT2D eigenvalue weighted by molar-refractivity contribution is -0.117. The van der Waals surface area contributed by atoms with Gasteiger partial charge in [-0.1, -0.05) is 42.5 Å². The highest BCUT2D eigenvalue weighted by Gasteiger charge is 2.08. The van der Waals surface area contributed by atoms with Crippen LogP contribution in [0, 0.1) is 0 Å². The Morgan fingerprint density at radius 2 is 1.27 bits per heavy atom. The monoisotopic (exact) mass is 442 g/mol. The molecule has 7 heteroatoms. The minimum atomic E-state index is -0.328. The molecule has 0 saturated heterocycles. The summed E-state index contributed by atoms with van der Waals surface area (Å²) in [7, 11) is 0. The zero-order valence-corrected chi connectivity index (χ0v) is 18.5. The van der Waals surface area contributed by atoms with Gasteiger partial charge in [0.1, 0.15) is 0 Å². The Balaban J connectivity index is 1.49. The topological polar surface area (TPSA) is 99.3 Å². The lowest BCUT2D eigenvalue weighted by Crippen LogP contribution is -2.24. The van der Waals surface area contributed by atoms with Crippen LogP contribution in [0.1, 0.15) is 31.0 Å². The van der Waals surface area contributed by atoms with Gasteiger partial charge in [0.2, 0.25) is 11.8 Å². The maximum atomic E-state index is 12.3. The fraction of sp³-hybridized carbons (Fsp3) is 0.115. The molecule has 0 aromatic heterocycles. The number of rotatable bonds is 7. The second kappa shape index (κ2) is 11.3. The van der Waals surface area contributed by atoms with E-state index in [1.165, 1.54) is 13.0 Å². The molecule has 1 unspecified atom stereocenters. The Hall–Kier alpha value is -4.39. The smallest absolute Gasteiger partial charge is 0.323 e. The summed E-state index contributed by atoms with van der Waals surface area (Å²) in [6.45, 7) is 3.34. The normalized spacial score (nSPS) is 11.5. The molecule has 33 heavy (non-hydrogen) atoms. The molecule has 0 aliphatic rings. The number of carbonyl (C=O) groups is 3. The van der Waals surface area contributed by atoms with Gasteiger partial charge in [0, 0.05) is 30.1 Å². The summed E-state index contributed by atoms with van der Waals surface area (Å²) in [5.74, 6) is -0.358. The summed E-state index contributed by atoms with van der Waals surface area (Å²) in [4.78, 5) is 35.4. The molecule has 3 aromatic carbocycles.